The highest BCUT2D eigenvalue weighted by Gasteiger charge is 2.22. The molecule has 0 amide bonds. The van der Waals surface area contributed by atoms with E-state index in [1.165, 1.54) is 38.8 Å². The Morgan fingerprint density at radius 1 is 1.44 bits per heavy atom. The van der Waals surface area contributed by atoms with Crippen molar-refractivity contribution in [3.63, 3.8) is 0 Å². The summed E-state index contributed by atoms with van der Waals surface area (Å²) in [5, 5.41) is 0. The fourth-order valence-electron chi connectivity index (χ4n) is 2.12. The van der Waals surface area contributed by atoms with Gasteiger partial charge in [-0.2, -0.15) is 0 Å². The molecule has 0 aromatic rings. The maximum Gasteiger partial charge on any atom is 0.0784 e. The van der Waals surface area contributed by atoms with E-state index in [0.717, 1.165) is 12.3 Å². The van der Waals surface area contributed by atoms with Gasteiger partial charge in [0.1, 0.15) is 0 Å². The number of hydrogen-bond acceptors (Lipinski definition) is 2. The molecule has 94 valence electrons. The Bertz CT molecular complexity index is 234. The van der Waals surface area contributed by atoms with Crippen molar-refractivity contribution >= 4 is 17.2 Å². The topological polar surface area (TPSA) is 29.3 Å². The first-order chi connectivity index (χ1) is 7.42. The fraction of sp³-hybridized carbons (Fsp3) is 0.923. The van der Waals surface area contributed by atoms with Crippen LogP contribution in [0.2, 0.25) is 0 Å². The first-order valence-electron chi connectivity index (χ1n) is 6.40. The molecule has 1 saturated carbocycles. The normalized spacial score (nSPS) is 17.5. The van der Waals surface area contributed by atoms with Crippen molar-refractivity contribution in [3.8, 4) is 0 Å². The van der Waals surface area contributed by atoms with Crippen LogP contribution in [0.4, 0.5) is 0 Å². The molecule has 0 atom stereocenters. The van der Waals surface area contributed by atoms with Crippen LogP contribution in [0.25, 0.3) is 0 Å². The first kappa shape index (κ1) is 13.9. The molecule has 16 heavy (non-hydrogen) atoms. The maximum absolute atomic E-state index is 5.72. The summed E-state index contributed by atoms with van der Waals surface area (Å²) in [4.78, 5) is 3.11. The van der Waals surface area contributed by atoms with Crippen LogP contribution in [-0.2, 0) is 0 Å². The van der Waals surface area contributed by atoms with Crippen molar-refractivity contribution in [3.05, 3.63) is 0 Å². The van der Waals surface area contributed by atoms with E-state index in [0.29, 0.717) is 4.99 Å². The number of nitrogens with two attached hydrogens (primary N) is 1. The highest BCUT2D eigenvalue weighted by molar-refractivity contribution is 7.80. The second-order valence-electron chi connectivity index (χ2n) is 5.91. The van der Waals surface area contributed by atoms with Gasteiger partial charge >= 0.3 is 0 Å². The minimum absolute atomic E-state index is 0.0205. The average molecular weight is 242 g/mol. The third kappa shape index (κ3) is 4.38. The lowest BCUT2D eigenvalue weighted by Gasteiger charge is -2.31. The lowest BCUT2D eigenvalue weighted by molar-refractivity contribution is 0.200. The Kier molecular flexibility index (Phi) is 5.19. The van der Waals surface area contributed by atoms with Crippen LogP contribution < -0.4 is 5.73 Å². The summed E-state index contributed by atoms with van der Waals surface area (Å²) in [5.41, 5.74) is 5.74. The molecule has 0 aromatic carbocycles. The molecule has 0 aromatic heterocycles. The van der Waals surface area contributed by atoms with Gasteiger partial charge in [-0.15, -0.1) is 0 Å². The number of rotatable bonds is 7. The van der Waals surface area contributed by atoms with E-state index in [4.69, 9.17) is 18.0 Å². The Morgan fingerprint density at radius 2 is 2.06 bits per heavy atom. The van der Waals surface area contributed by atoms with Crippen LogP contribution in [0.5, 0.6) is 0 Å². The molecule has 0 unspecified atom stereocenters. The standard InChI is InChI=1S/C13H26N2S/c1-13(2,12(14)16)8-5-9-15(3)10-11-6-4-7-11/h11H,4-10H2,1-3H3,(H2,14,16). The summed E-state index contributed by atoms with van der Waals surface area (Å²) in [6.45, 7) is 6.72. The molecule has 1 fully saturated rings. The number of hydrogen-bond donors (Lipinski definition) is 1. The van der Waals surface area contributed by atoms with Gasteiger partial charge in [-0.3, -0.25) is 0 Å². The van der Waals surface area contributed by atoms with E-state index in [-0.39, 0.29) is 5.41 Å². The first-order valence-corrected chi connectivity index (χ1v) is 6.81. The Labute approximate surface area is 106 Å². The summed E-state index contributed by atoms with van der Waals surface area (Å²) in [7, 11) is 2.23. The molecule has 1 aliphatic carbocycles. The van der Waals surface area contributed by atoms with Gasteiger partial charge in [0, 0.05) is 12.0 Å². The molecule has 0 saturated heterocycles. The fourth-order valence-corrected chi connectivity index (χ4v) is 2.22. The monoisotopic (exact) mass is 242 g/mol. The summed E-state index contributed by atoms with van der Waals surface area (Å²) < 4.78 is 0. The van der Waals surface area contributed by atoms with Crippen LogP contribution in [-0.4, -0.2) is 30.0 Å². The Hall–Kier alpha value is -0.150. The van der Waals surface area contributed by atoms with Crippen molar-refractivity contribution in [1.29, 1.82) is 0 Å². The zero-order valence-corrected chi connectivity index (χ0v) is 11.8. The van der Waals surface area contributed by atoms with E-state index in [1.807, 2.05) is 0 Å². The van der Waals surface area contributed by atoms with Crippen molar-refractivity contribution < 1.29 is 0 Å². The van der Waals surface area contributed by atoms with E-state index >= 15 is 0 Å². The minimum Gasteiger partial charge on any atom is -0.393 e. The zero-order chi connectivity index (χ0) is 12.2. The van der Waals surface area contributed by atoms with Gasteiger partial charge in [0.25, 0.3) is 0 Å². The molecule has 3 heteroatoms. The summed E-state index contributed by atoms with van der Waals surface area (Å²) in [5.74, 6) is 0.966. The number of nitrogens with zero attached hydrogens (tertiary/aromatic N) is 1. The molecule has 0 spiro atoms. The van der Waals surface area contributed by atoms with Gasteiger partial charge in [0.15, 0.2) is 0 Å². The third-order valence-electron chi connectivity index (χ3n) is 3.80. The SMILES string of the molecule is CN(CCCC(C)(C)C(N)=S)CC1CCC1. The molecule has 0 heterocycles. The molecule has 0 radical (unpaired) electrons. The second-order valence-corrected chi connectivity index (χ2v) is 6.35. The van der Waals surface area contributed by atoms with Crippen LogP contribution in [0.1, 0.15) is 46.0 Å². The predicted octanol–water partition coefficient (Wildman–Crippen LogP) is 2.81. The molecule has 2 N–H and O–H groups in total. The lowest BCUT2D eigenvalue weighted by Crippen LogP contribution is -2.33. The van der Waals surface area contributed by atoms with Crippen molar-refractivity contribution in [2.75, 3.05) is 20.1 Å². The summed E-state index contributed by atoms with van der Waals surface area (Å²) in [6, 6.07) is 0. The highest BCUT2D eigenvalue weighted by atomic mass is 32.1. The summed E-state index contributed by atoms with van der Waals surface area (Å²) in [6.07, 6.45) is 6.59. The second kappa shape index (κ2) is 5.97. The quantitative estimate of drug-likeness (QED) is 0.696. The largest absolute Gasteiger partial charge is 0.393 e. The molecule has 1 aliphatic rings. The van der Waals surface area contributed by atoms with Crippen LogP contribution >= 0.6 is 12.2 Å². The molecule has 1 rings (SSSR count). The van der Waals surface area contributed by atoms with Gasteiger partial charge < -0.3 is 10.6 Å². The minimum atomic E-state index is 0.0205. The van der Waals surface area contributed by atoms with Crippen LogP contribution in [0.3, 0.4) is 0 Å². The van der Waals surface area contributed by atoms with Crippen molar-refractivity contribution in [1.82, 2.24) is 4.90 Å². The summed E-state index contributed by atoms with van der Waals surface area (Å²) >= 11 is 5.07. The van der Waals surface area contributed by atoms with Gasteiger partial charge in [-0.05, 0) is 45.2 Å². The van der Waals surface area contributed by atoms with E-state index < -0.39 is 0 Å². The maximum atomic E-state index is 5.72. The smallest absolute Gasteiger partial charge is 0.0784 e. The van der Waals surface area contributed by atoms with Gasteiger partial charge in [0.2, 0.25) is 0 Å². The average Bonchev–Trinajstić information content (AvgIpc) is 2.11. The van der Waals surface area contributed by atoms with Gasteiger partial charge in [-0.25, -0.2) is 0 Å². The number of thiocarbonyl (C=S) groups is 1. The van der Waals surface area contributed by atoms with E-state index in [1.54, 1.807) is 0 Å². The third-order valence-corrected chi connectivity index (χ3v) is 4.36. The van der Waals surface area contributed by atoms with Crippen LogP contribution in [0, 0.1) is 11.3 Å². The van der Waals surface area contributed by atoms with E-state index in [9.17, 15) is 0 Å². The molecule has 0 aliphatic heterocycles. The van der Waals surface area contributed by atoms with Crippen LogP contribution in [0.15, 0.2) is 0 Å². The highest BCUT2D eigenvalue weighted by Crippen LogP contribution is 2.27. The van der Waals surface area contributed by atoms with Crippen molar-refractivity contribution in [2.45, 2.75) is 46.0 Å². The molecular weight excluding hydrogens is 216 g/mol. The lowest BCUT2D eigenvalue weighted by atomic mass is 9.85. The zero-order valence-electron chi connectivity index (χ0n) is 11.0. The predicted molar refractivity (Wildman–Crippen MR) is 74.6 cm³/mol. The Balaban J connectivity index is 2.11. The van der Waals surface area contributed by atoms with E-state index in [2.05, 4.69) is 25.8 Å². The van der Waals surface area contributed by atoms with Crippen molar-refractivity contribution in [2.24, 2.45) is 17.1 Å². The molecule has 2 nitrogen and oxygen atoms in total. The Morgan fingerprint density at radius 3 is 2.50 bits per heavy atom. The van der Waals surface area contributed by atoms with Gasteiger partial charge in [-0.1, -0.05) is 32.5 Å². The molecular formula is C13H26N2S. The molecule has 0 bridgehead atoms. The van der Waals surface area contributed by atoms with Gasteiger partial charge in [0.05, 0.1) is 4.99 Å².